The number of guanidine groups is 1. The second-order valence-electron chi connectivity index (χ2n) is 4.62. The summed E-state index contributed by atoms with van der Waals surface area (Å²) >= 11 is 0. The van der Waals surface area contributed by atoms with Crippen LogP contribution in [0.15, 0.2) is 11.3 Å². The molecule has 1 aliphatic rings. The molecule has 0 amide bonds. The molecule has 100 valence electrons. The van der Waals surface area contributed by atoms with Crippen molar-refractivity contribution in [3.8, 4) is 0 Å². The van der Waals surface area contributed by atoms with E-state index >= 15 is 0 Å². The molecule has 1 saturated carbocycles. The maximum Gasteiger partial charge on any atom is 0.191 e. The molecule has 2 N–H and O–H groups in total. The molecule has 1 aromatic rings. The van der Waals surface area contributed by atoms with Crippen LogP contribution in [0, 0.1) is 0 Å². The number of aryl methyl sites for hydroxylation is 1. The smallest absolute Gasteiger partial charge is 0.191 e. The lowest BCUT2D eigenvalue weighted by Gasteiger charge is -2.16. The van der Waals surface area contributed by atoms with Crippen molar-refractivity contribution in [3.63, 3.8) is 0 Å². The summed E-state index contributed by atoms with van der Waals surface area (Å²) in [7, 11) is 1.88. The van der Waals surface area contributed by atoms with Crippen molar-refractivity contribution in [2.24, 2.45) is 12.0 Å². The molecule has 1 aromatic heterocycles. The Morgan fingerprint density at radius 2 is 2.28 bits per heavy atom. The van der Waals surface area contributed by atoms with Crippen molar-refractivity contribution in [1.29, 1.82) is 0 Å². The summed E-state index contributed by atoms with van der Waals surface area (Å²) in [5, 5.41) is 10.8. The van der Waals surface area contributed by atoms with Gasteiger partial charge in [0.25, 0.3) is 0 Å². The topological polar surface area (TPSA) is 67.1 Å². The number of hydrogen-bond acceptors (Lipinski definition) is 3. The van der Waals surface area contributed by atoms with E-state index in [0.717, 1.165) is 18.3 Å². The van der Waals surface area contributed by atoms with Crippen LogP contribution in [0.2, 0.25) is 0 Å². The maximum atomic E-state index is 4.55. The zero-order chi connectivity index (χ0) is 12.8. The molecule has 1 fully saturated rings. The molecule has 0 aromatic carbocycles. The Bertz CT molecular complexity index is 391. The van der Waals surface area contributed by atoms with Crippen LogP contribution in [-0.4, -0.2) is 33.3 Å². The average Bonchev–Trinajstić information content (AvgIpc) is 2.98. The highest BCUT2D eigenvalue weighted by molar-refractivity contribution is 5.80. The number of rotatable bonds is 4. The number of hydrogen-bond donors (Lipinski definition) is 2. The highest BCUT2D eigenvalue weighted by Crippen LogP contribution is 2.17. The van der Waals surface area contributed by atoms with Gasteiger partial charge < -0.3 is 10.6 Å². The lowest BCUT2D eigenvalue weighted by Crippen LogP contribution is -2.42. The Morgan fingerprint density at radius 3 is 2.89 bits per heavy atom. The summed E-state index contributed by atoms with van der Waals surface area (Å²) in [6, 6.07) is 0.572. The third-order valence-corrected chi connectivity index (χ3v) is 3.22. The zero-order valence-corrected chi connectivity index (χ0v) is 11.2. The monoisotopic (exact) mass is 250 g/mol. The molecule has 0 atom stereocenters. The van der Waals surface area contributed by atoms with E-state index in [0.29, 0.717) is 12.6 Å². The van der Waals surface area contributed by atoms with Crippen LogP contribution in [0.1, 0.15) is 38.4 Å². The van der Waals surface area contributed by atoms with Crippen molar-refractivity contribution in [1.82, 2.24) is 25.4 Å². The van der Waals surface area contributed by atoms with E-state index in [1.54, 1.807) is 11.0 Å². The van der Waals surface area contributed by atoms with Gasteiger partial charge >= 0.3 is 0 Å². The Hall–Kier alpha value is -1.59. The third kappa shape index (κ3) is 3.45. The quantitative estimate of drug-likeness (QED) is 0.613. The number of nitrogens with one attached hydrogen (secondary N) is 2. The maximum absolute atomic E-state index is 4.55. The van der Waals surface area contributed by atoms with E-state index in [4.69, 9.17) is 0 Å². The summed E-state index contributed by atoms with van der Waals surface area (Å²) in [6.45, 7) is 3.50. The van der Waals surface area contributed by atoms with Gasteiger partial charge in [0.15, 0.2) is 5.96 Å². The molecule has 0 aliphatic heterocycles. The van der Waals surface area contributed by atoms with Crippen LogP contribution in [0.3, 0.4) is 0 Å². The molecular formula is C12H22N6. The predicted molar refractivity (Wildman–Crippen MR) is 71.2 cm³/mol. The Balaban J connectivity index is 1.93. The molecule has 0 bridgehead atoms. The first-order valence-corrected chi connectivity index (χ1v) is 6.67. The van der Waals surface area contributed by atoms with Gasteiger partial charge in [0.1, 0.15) is 18.7 Å². The van der Waals surface area contributed by atoms with Gasteiger partial charge in [0.05, 0.1) is 0 Å². The normalized spacial score (nSPS) is 17.1. The van der Waals surface area contributed by atoms with E-state index < -0.39 is 0 Å². The van der Waals surface area contributed by atoms with Gasteiger partial charge in [-0.05, 0) is 19.8 Å². The SMILES string of the molecule is CCNC(=NCc1ncnn1C)NC1CCCC1. The molecule has 0 unspecified atom stereocenters. The molecule has 1 heterocycles. The van der Waals surface area contributed by atoms with Gasteiger partial charge in [0, 0.05) is 19.6 Å². The van der Waals surface area contributed by atoms with Crippen LogP contribution in [0.5, 0.6) is 0 Å². The Morgan fingerprint density at radius 1 is 1.50 bits per heavy atom. The Labute approximate surface area is 108 Å². The minimum atomic E-state index is 0.554. The van der Waals surface area contributed by atoms with E-state index in [1.807, 2.05) is 7.05 Å². The van der Waals surface area contributed by atoms with Crippen molar-refractivity contribution in [2.75, 3.05) is 6.54 Å². The van der Waals surface area contributed by atoms with Crippen LogP contribution in [0.25, 0.3) is 0 Å². The van der Waals surface area contributed by atoms with E-state index in [-0.39, 0.29) is 0 Å². The molecule has 18 heavy (non-hydrogen) atoms. The first kappa shape index (κ1) is 12.9. The van der Waals surface area contributed by atoms with Gasteiger partial charge in [-0.1, -0.05) is 12.8 Å². The van der Waals surface area contributed by atoms with Gasteiger partial charge in [-0.25, -0.2) is 9.98 Å². The van der Waals surface area contributed by atoms with Crippen LogP contribution < -0.4 is 10.6 Å². The molecule has 6 nitrogen and oxygen atoms in total. The van der Waals surface area contributed by atoms with E-state index in [1.165, 1.54) is 25.7 Å². The fraction of sp³-hybridized carbons (Fsp3) is 0.750. The third-order valence-electron chi connectivity index (χ3n) is 3.22. The van der Waals surface area contributed by atoms with E-state index in [2.05, 4.69) is 32.6 Å². The molecule has 2 rings (SSSR count). The van der Waals surface area contributed by atoms with Gasteiger partial charge in [-0.15, -0.1) is 0 Å². The highest BCUT2D eigenvalue weighted by atomic mass is 15.3. The second-order valence-corrected chi connectivity index (χ2v) is 4.62. The molecule has 6 heteroatoms. The van der Waals surface area contributed by atoms with Crippen LogP contribution in [0.4, 0.5) is 0 Å². The molecule has 0 radical (unpaired) electrons. The van der Waals surface area contributed by atoms with E-state index in [9.17, 15) is 0 Å². The zero-order valence-electron chi connectivity index (χ0n) is 11.2. The van der Waals surface area contributed by atoms with Gasteiger partial charge in [-0.2, -0.15) is 5.10 Å². The predicted octanol–water partition coefficient (Wildman–Crippen LogP) is 0.813. The first-order chi connectivity index (χ1) is 8.79. The largest absolute Gasteiger partial charge is 0.357 e. The summed E-state index contributed by atoms with van der Waals surface area (Å²) in [5.74, 6) is 1.76. The molecule has 0 spiro atoms. The van der Waals surface area contributed by atoms with Crippen molar-refractivity contribution < 1.29 is 0 Å². The van der Waals surface area contributed by atoms with Gasteiger partial charge in [-0.3, -0.25) is 4.68 Å². The van der Waals surface area contributed by atoms with Gasteiger partial charge in [0.2, 0.25) is 0 Å². The standard InChI is InChI=1S/C12H22N6/c1-3-13-12(17-10-6-4-5-7-10)14-8-11-15-9-16-18(11)2/h9-10H,3-8H2,1-2H3,(H2,13,14,17). The summed E-state index contributed by atoms with van der Waals surface area (Å²) in [6.07, 6.45) is 6.69. The summed E-state index contributed by atoms with van der Waals surface area (Å²) in [4.78, 5) is 8.72. The summed E-state index contributed by atoms with van der Waals surface area (Å²) in [5.41, 5.74) is 0. The minimum Gasteiger partial charge on any atom is -0.357 e. The lowest BCUT2D eigenvalue weighted by molar-refractivity contribution is 0.611. The van der Waals surface area contributed by atoms with Crippen molar-refractivity contribution in [3.05, 3.63) is 12.2 Å². The number of aromatic nitrogens is 3. The Kier molecular flexibility index (Phi) is 4.55. The highest BCUT2D eigenvalue weighted by Gasteiger charge is 2.15. The molecular weight excluding hydrogens is 228 g/mol. The van der Waals surface area contributed by atoms with Crippen LogP contribution in [-0.2, 0) is 13.6 Å². The van der Waals surface area contributed by atoms with Crippen LogP contribution >= 0.6 is 0 Å². The average molecular weight is 250 g/mol. The molecule has 1 aliphatic carbocycles. The lowest BCUT2D eigenvalue weighted by atomic mass is 10.2. The summed E-state index contributed by atoms with van der Waals surface area (Å²) < 4.78 is 1.75. The van der Waals surface area contributed by atoms with Crippen molar-refractivity contribution >= 4 is 5.96 Å². The number of nitrogens with zero attached hydrogens (tertiary/aromatic N) is 4. The number of aliphatic imine (C=N–C) groups is 1. The van der Waals surface area contributed by atoms with Crippen molar-refractivity contribution in [2.45, 2.75) is 45.2 Å². The fourth-order valence-electron chi connectivity index (χ4n) is 2.20. The second kappa shape index (κ2) is 6.37. The fourth-order valence-corrected chi connectivity index (χ4v) is 2.20. The first-order valence-electron chi connectivity index (χ1n) is 6.67. The molecule has 0 saturated heterocycles. The minimum absolute atomic E-state index is 0.554.